The Labute approximate surface area is 247 Å². The summed E-state index contributed by atoms with van der Waals surface area (Å²) in [4.78, 5) is 2.35. The topological polar surface area (TPSA) is 29.5 Å². The zero-order valence-corrected chi connectivity index (χ0v) is 23.2. The summed E-state index contributed by atoms with van der Waals surface area (Å²) in [7, 11) is 0. The Hall–Kier alpha value is -5.80. The highest BCUT2D eigenvalue weighted by Crippen LogP contribution is 2.48. The van der Waals surface area contributed by atoms with E-state index < -0.39 is 0 Å². The van der Waals surface area contributed by atoms with Gasteiger partial charge in [0.1, 0.15) is 16.7 Å². The van der Waals surface area contributed by atoms with Crippen LogP contribution in [0.5, 0.6) is 0 Å². The number of furan rings is 2. The molecule has 9 aromatic rings. The average Bonchev–Trinajstić information content (AvgIpc) is 3.64. The van der Waals surface area contributed by atoms with Crippen LogP contribution >= 0.6 is 0 Å². The molecule has 202 valence electrons. The van der Waals surface area contributed by atoms with Gasteiger partial charge in [0.25, 0.3) is 0 Å². The van der Waals surface area contributed by atoms with Crippen LogP contribution in [-0.4, -0.2) is 0 Å². The van der Waals surface area contributed by atoms with Gasteiger partial charge < -0.3 is 13.7 Å². The summed E-state index contributed by atoms with van der Waals surface area (Å²) in [6.45, 7) is 0. The van der Waals surface area contributed by atoms with Gasteiger partial charge in [-0.3, -0.25) is 0 Å². The molecule has 2 heterocycles. The van der Waals surface area contributed by atoms with E-state index in [0.717, 1.165) is 77.5 Å². The standard InChI is InChI=1S/C40H25NO2/c1-2-14-27-26(12-1)13-9-22-34(27)41(36-23-11-20-33-30-17-5-8-25-38(30)43-40(33)36)35-21-6-3-15-28(35)31-18-10-19-32-29-16-4-7-24-37(29)42-39(31)32/h1-25H. The first-order valence-electron chi connectivity index (χ1n) is 14.5. The number of fused-ring (bicyclic) bond motifs is 7. The molecule has 0 atom stereocenters. The Morgan fingerprint density at radius 1 is 0.326 bits per heavy atom. The Morgan fingerprint density at radius 3 is 1.63 bits per heavy atom. The number of nitrogens with zero attached hydrogens (tertiary/aromatic N) is 1. The Morgan fingerprint density at radius 2 is 0.814 bits per heavy atom. The van der Waals surface area contributed by atoms with Crippen LogP contribution in [0, 0.1) is 0 Å². The smallest absolute Gasteiger partial charge is 0.159 e. The van der Waals surface area contributed by atoms with E-state index in [4.69, 9.17) is 8.83 Å². The van der Waals surface area contributed by atoms with E-state index >= 15 is 0 Å². The van der Waals surface area contributed by atoms with Crippen LogP contribution in [0.1, 0.15) is 0 Å². The molecule has 7 aromatic carbocycles. The molecule has 0 aliphatic rings. The fraction of sp³-hybridized carbons (Fsp3) is 0. The molecule has 43 heavy (non-hydrogen) atoms. The fourth-order valence-corrected chi connectivity index (χ4v) is 6.56. The first kappa shape index (κ1) is 23.9. The highest BCUT2D eigenvalue weighted by atomic mass is 16.3. The lowest BCUT2D eigenvalue weighted by Gasteiger charge is -2.29. The first-order chi connectivity index (χ1) is 21.3. The molecular weight excluding hydrogens is 526 g/mol. The van der Waals surface area contributed by atoms with E-state index in [2.05, 4.69) is 132 Å². The average molecular weight is 552 g/mol. The highest BCUT2D eigenvalue weighted by Gasteiger charge is 2.24. The van der Waals surface area contributed by atoms with Gasteiger partial charge in [0, 0.05) is 38.1 Å². The number of para-hydroxylation sites is 5. The van der Waals surface area contributed by atoms with Crippen LogP contribution in [0.3, 0.4) is 0 Å². The van der Waals surface area contributed by atoms with E-state index in [-0.39, 0.29) is 0 Å². The van der Waals surface area contributed by atoms with Gasteiger partial charge >= 0.3 is 0 Å². The van der Waals surface area contributed by atoms with Crippen molar-refractivity contribution in [1.82, 2.24) is 0 Å². The molecule has 0 radical (unpaired) electrons. The Kier molecular flexibility index (Phi) is 5.20. The molecule has 0 aliphatic heterocycles. The predicted molar refractivity (Wildman–Crippen MR) is 179 cm³/mol. The van der Waals surface area contributed by atoms with Crippen LogP contribution in [0.2, 0.25) is 0 Å². The van der Waals surface area contributed by atoms with Crippen molar-refractivity contribution in [2.45, 2.75) is 0 Å². The number of anilines is 3. The summed E-state index contributed by atoms with van der Waals surface area (Å²) in [6, 6.07) is 53.0. The lowest BCUT2D eigenvalue weighted by atomic mass is 9.98. The predicted octanol–water partition coefficient (Wildman–Crippen LogP) is 11.8. The van der Waals surface area contributed by atoms with Crippen LogP contribution in [0.25, 0.3) is 65.8 Å². The minimum absolute atomic E-state index is 0.855. The molecule has 0 saturated heterocycles. The van der Waals surface area contributed by atoms with Gasteiger partial charge in [0.2, 0.25) is 0 Å². The normalized spacial score (nSPS) is 11.7. The second-order valence-electron chi connectivity index (χ2n) is 10.9. The summed E-state index contributed by atoms with van der Waals surface area (Å²) < 4.78 is 13.1. The van der Waals surface area contributed by atoms with Gasteiger partial charge in [-0.15, -0.1) is 0 Å². The molecule has 0 amide bonds. The molecule has 0 bridgehead atoms. The molecule has 3 heteroatoms. The molecule has 3 nitrogen and oxygen atoms in total. The summed E-state index contributed by atoms with van der Waals surface area (Å²) in [5, 5.41) is 6.77. The quantitative estimate of drug-likeness (QED) is 0.218. The van der Waals surface area contributed by atoms with Crippen molar-refractivity contribution in [2.75, 3.05) is 4.90 Å². The van der Waals surface area contributed by atoms with E-state index in [9.17, 15) is 0 Å². The number of hydrogen-bond acceptors (Lipinski definition) is 3. The summed E-state index contributed by atoms with van der Waals surface area (Å²) in [5.41, 5.74) is 8.73. The second-order valence-corrected chi connectivity index (χ2v) is 10.9. The zero-order chi connectivity index (χ0) is 28.3. The van der Waals surface area contributed by atoms with E-state index in [1.165, 1.54) is 5.39 Å². The third-order valence-electron chi connectivity index (χ3n) is 8.47. The van der Waals surface area contributed by atoms with Crippen molar-refractivity contribution in [1.29, 1.82) is 0 Å². The minimum Gasteiger partial charge on any atom is -0.455 e. The molecular formula is C40H25NO2. The molecule has 0 saturated carbocycles. The molecule has 0 N–H and O–H groups in total. The van der Waals surface area contributed by atoms with Gasteiger partial charge in [0.05, 0.1) is 17.1 Å². The van der Waals surface area contributed by atoms with Gasteiger partial charge in [-0.1, -0.05) is 121 Å². The van der Waals surface area contributed by atoms with E-state index in [1.807, 2.05) is 24.3 Å². The van der Waals surface area contributed by atoms with Crippen molar-refractivity contribution in [3.05, 3.63) is 152 Å². The molecule has 0 spiro atoms. The van der Waals surface area contributed by atoms with E-state index in [1.54, 1.807) is 0 Å². The lowest BCUT2D eigenvalue weighted by Crippen LogP contribution is -2.12. The van der Waals surface area contributed by atoms with Crippen molar-refractivity contribution in [2.24, 2.45) is 0 Å². The van der Waals surface area contributed by atoms with Crippen LogP contribution in [0.15, 0.2) is 160 Å². The Balaban J connectivity index is 1.38. The highest BCUT2D eigenvalue weighted by molar-refractivity contribution is 6.14. The largest absolute Gasteiger partial charge is 0.455 e. The maximum absolute atomic E-state index is 6.62. The van der Waals surface area contributed by atoms with Crippen molar-refractivity contribution < 1.29 is 8.83 Å². The number of hydrogen-bond donors (Lipinski definition) is 0. The van der Waals surface area contributed by atoms with Crippen molar-refractivity contribution in [3.8, 4) is 11.1 Å². The van der Waals surface area contributed by atoms with Gasteiger partial charge in [-0.05, 0) is 35.7 Å². The molecule has 0 fully saturated rings. The fourth-order valence-electron chi connectivity index (χ4n) is 6.56. The van der Waals surface area contributed by atoms with Crippen LogP contribution in [-0.2, 0) is 0 Å². The summed E-state index contributed by atoms with van der Waals surface area (Å²) in [5.74, 6) is 0. The third-order valence-corrected chi connectivity index (χ3v) is 8.47. The van der Waals surface area contributed by atoms with Crippen LogP contribution in [0.4, 0.5) is 17.1 Å². The van der Waals surface area contributed by atoms with Crippen LogP contribution < -0.4 is 4.90 Å². The molecule has 9 rings (SSSR count). The number of rotatable bonds is 4. The Bertz CT molecular complexity index is 2480. The lowest BCUT2D eigenvalue weighted by molar-refractivity contribution is 0.669. The van der Waals surface area contributed by atoms with Crippen molar-refractivity contribution >= 4 is 71.7 Å². The monoisotopic (exact) mass is 551 g/mol. The minimum atomic E-state index is 0.855. The summed E-state index contributed by atoms with van der Waals surface area (Å²) >= 11 is 0. The molecule has 2 aromatic heterocycles. The van der Waals surface area contributed by atoms with Gasteiger partial charge in [-0.2, -0.15) is 0 Å². The van der Waals surface area contributed by atoms with E-state index in [0.29, 0.717) is 0 Å². The van der Waals surface area contributed by atoms with Gasteiger partial charge in [0.15, 0.2) is 5.58 Å². The maximum atomic E-state index is 6.62. The summed E-state index contributed by atoms with van der Waals surface area (Å²) in [6.07, 6.45) is 0. The number of benzene rings is 7. The molecule has 0 unspecified atom stereocenters. The third kappa shape index (κ3) is 3.62. The van der Waals surface area contributed by atoms with Crippen molar-refractivity contribution in [3.63, 3.8) is 0 Å². The maximum Gasteiger partial charge on any atom is 0.159 e. The first-order valence-corrected chi connectivity index (χ1v) is 14.5. The second kappa shape index (κ2) is 9.37. The van der Waals surface area contributed by atoms with Gasteiger partial charge in [-0.25, -0.2) is 0 Å². The molecule has 0 aliphatic carbocycles. The zero-order valence-electron chi connectivity index (χ0n) is 23.2. The SMILES string of the molecule is c1ccc(N(c2cccc3ccccc23)c2cccc3c2oc2ccccc23)c(-c2cccc3c2oc2ccccc23)c1.